The molecule has 1 aromatic heterocycles. The quantitative estimate of drug-likeness (QED) is 0.428. The molecule has 0 saturated carbocycles. The molecule has 6 nitrogen and oxygen atoms in total. The smallest absolute Gasteiger partial charge is 0.262 e. The van der Waals surface area contributed by atoms with Crippen LogP contribution in [0.2, 0.25) is 5.02 Å². The van der Waals surface area contributed by atoms with Gasteiger partial charge in [0.15, 0.2) is 6.61 Å². The molecule has 0 unspecified atom stereocenters. The molecule has 7 heteroatoms. The highest BCUT2D eigenvalue weighted by Crippen LogP contribution is 2.24. The van der Waals surface area contributed by atoms with Crippen LogP contribution in [0.15, 0.2) is 82.2 Å². The highest BCUT2D eigenvalue weighted by Gasteiger charge is 2.11. The number of carbonyl (C=O) groups excluding carboxylic acids is 1. The van der Waals surface area contributed by atoms with Crippen LogP contribution in [0.1, 0.15) is 5.56 Å². The Morgan fingerprint density at radius 2 is 1.81 bits per heavy atom. The van der Waals surface area contributed by atoms with Crippen LogP contribution < -0.4 is 20.2 Å². The van der Waals surface area contributed by atoms with Gasteiger partial charge in [0.2, 0.25) is 11.2 Å². The summed E-state index contributed by atoms with van der Waals surface area (Å²) in [6.45, 7) is 1.76. The van der Waals surface area contributed by atoms with Crippen molar-refractivity contribution in [2.75, 3.05) is 11.9 Å². The van der Waals surface area contributed by atoms with E-state index in [-0.39, 0.29) is 23.7 Å². The van der Waals surface area contributed by atoms with Crippen LogP contribution in [-0.4, -0.2) is 12.5 Å². The van der Waals surface area contributed by atoms with E-state index in [4.69, 9.17) is 25.5 Å². The monoisotopic (exact) mass is 435 g/mol. The number of amides is 1. The lowest BCUT2D eigenvalue weighted by Gasteiger charge is -2.09. The minimum atomic E-state index is -0.342. The Hall–Kier alpha value is -3.77. The van der Waals surface area contributed by atoms with E-state index in [9.17, 15) is 9.59 Å². The van der Waals surface area contributed by atoms with E-state index < -0.39 is 0 Å². The first-order chi connectivity index (χ1) is 15.0. The van der Waals surface area contributed by atoms with Gasteiger partial charge in [0, 0.05) is 16.8 Å². The lowest BCUT2D eigenvalue weighted by atomic mass is 10.2. The van der Waals surface area contributed by atoms with Crippen molar-refractivity contribution in [2.45, 2.75) is 6.92 Å². The van der Waals surface area contributed by atoms with Crippen LogP contribution >= 0.6 is 11.6 Å². The number of ether oxygens (including phenoxy) is 2. The standard InChI is InChI=1S/C24H18ClNO5/c1-15-5-7-18(8-6-15)31-22-13-30-21-12-19(9-10-20(21)24(22)28)29-14-23(27)26-17-4-2-3-16(25)11-17/h2-13H,14H2,1H3,(H,26,27). The molecule has 0 spiro atoms. The number of carbonyl (C=O) groups is 1. The van der Waals surface area contributed by atoms with Gasteiger partial charge in [-0.3, -0.25) is 9.59 Å². The molecule has 31 heavy (non-hydrogen) atoms. The molecule has 4 aromatic rings. The Balaban J connectivity index is 1.45. The third-order valence-corrected chi connectivity index (χ3v) is 4.68. The summed E-state index contributed by atoms with van der Waals surface area (Å²) in [6.07, 6.45) is 1.26. The molecule has 0 aliphatic heterocycles. The predicted octanol–water partition coefficient (Wildman–Crippen LogP) is 5.56. The zero-order valence-electron chi connectivity index (χ0n) is 16.6. The van der Waals surface area contributed by atoms with Gasteiger partial charge < -0.3 is 19.2 Å². The molecule has 0 radical (unpaired) electrons. The molecule has 1 heterocycles. The number of fused-ring (bicyclic) bond motifs is 1. The Labute approximate surface area is 183 Å². The van der Waals surface area contributed by atoms with Gasteiger partial charge in [-0.2, -0.15) is 0 Å². The maximum absolute atomic E-state index is 12.7. The van der Waals surface area contributed by atoms with E-state index >= 15 is 0 Å². The summed E-state index contributed by atoms with van der Waals surface area (Å²) in [5, 5.41) is 3.56. The van der Waals surface area contributed by atoms with Crippen LogP contribution in [0.5, 0.6) is 17.2 Å². The fourth-order valence-electron chi connectivity index (χ4n) is 2.90. The van der Waals surface area contributed by atoms with Gasteiger partial charge in [0.05, 0.1) is 5.39 Å². The first-order valence-corrected chi connectivity index (χ1v) is 9.84. The third-order valence-electron chi connectivity index (χ3n) is 4.44. The summed E-state index contributed by atoms with van der Waals surface area (Å²) in [5.41, 5.74) is 1.69. The molecule has 4 rings (SSSR count). The summed E-state index contributed by atoms with van der Waals surface area (Å²) in [7, 11) is 0. The zero-order chi connectivity index (χ0) is 21.8. The number of anilines is 1. The Kier molecular flexibility index (Phi) is 5.91. The van der Waals surface area contributed by atoms with E-state index in [1.165, 1.54) is 6.26 Å². The molecule has 156 valence electrons. The summed E-state index contributed by atoms with van der Waals surface area (Å²) in [6, 6.07) is 18.9. The fourth-order valence-corrected chi connectivity index (χ4v) is 3.09. The number of aryl methyl sites for hydroxylation is 1. The van der Waals surface area contributed by atoms with E-state index in [0.717, 1.165) is 5.56 Å². The lowest BCUT2D eigenvalue weighted by molar-refractivity contribution is -0.118. The number of benzene rings is 3. The van der Waals surface area contributed by atoms with E-state index in [1.807, 2.05) is 19.1 Å². The number of rotatable bonds is 6. The Morgan fingerprint density at radius 3 is 2.58 bits per heavy atom. The largest absolute Gasteiger partial charge is 0.484 e. The van der Waals surface area contributed by atoms with Crippen LogP contribution in [-0.2, 0) is 4.79 Å². The van der Waals surface area contributed by atoms with Gasteiger partial charge in [-0.15, -0.1) is 0 Å². The summed E-state index contributed by atoms with van der Waals surface area (Å²) >= 11 is 5.90. The topological polar surface area (TPSA) is 77.8 Å². The molecule has 0 aliphatic rings. The Bertz CT molecular complexity index is 1300. The van der Waals surface area contributed by atoms with Crippen molar-refractivity contribution in [1.29, 1.82) is 0 Å². The summed E-state index contributed by atoms with van der Waals surface area (Å²) < 4.78 is 16.7. The van der Waals surface area contributed by atoms with E-state index in [1.54, 1.807) is 54.6 Å². The number of hydrogen-bond acceptors (Lipinski definition) is 5. The second kappa shape index (κ2) is 8.93. The van der Waals surface area contributed by atoms with Crippen LogP contribution in [0.4, 0.5) is 5.69 Å². The minimum absolute atomic E-state index is 0.0888. The molecule has 1 amide bonds. The first-order valence-electron chi connectivity index (χ1n) is 9.46. The molecule has 1 N–H and O–H groups in total. The molecular formula is C24H18ClNO5. The van der Waals surface area contributed by atoms with Gasteiger partial charge in [0.25, 0.3) is 5.91 Å². The molecule has 0 fully saturated rings. The van der Waals surface area contributed by atoms with Crippen LogP contribution in [0, 0.1) is 6.92 Å². The number of hydrogen-bond donors (Lipinski definition) is 1. The van der Waals surface area contributed by atoms with Crippen molar-refractivity contribution in [3.8, 4) is 17.2 Å². The molecule has 3 aromatic carbocycles. The summed E-state index contributed by atoms with van der Waals surface area (Å²) in [5.74, 6) is 0.684. The van der Waals surface area contributed by atoms with Crippen molar-refractivity contribution in [1.82, 2.24) is 0 Å². The second-order valence-electron chi connectivity index (χ2n) is 6.85. The van der Waals surface area contributed by atoms with Gasteiger partial charge in [-0.05, 0) is 49.4 Å². The van der Waals surface area contributed by atoms with Crippen molar-refractivity contribution in [2.24, 2.45) is 0 Å². The molecule has 0 saturated heterocycles. The molecule has 0 bridgehead atoms. The maximum atomic E-state index is 12.7. The van der Waals surface area contributed by atoms with Crippen molar-refractivity contribution >= 4 is 34.2 Å². The van der Waals surface area contributed by atoms with Gasteiger partial charge in [0.1, 0.15) is 23.3 Å². The summed E-state index contributed by atoms with van der Waals surface area (Å²) in [4.78, 5) is 24.8. The normalized spacial score (nSPS) is 10.6. The zero-order valence-corrected chi connectivity index (χ0v) is 17.3. The van der Waals surface area contributed by atoms with Crippen molar-refractivity contribution in [3.63, 3.8) is 0 Å². The molecule has 0 atom stereocenters. The second-order valence-corrected chi connectivity index (χ2v) is 7.29. The third kappa shape index (κ3) is 5.05. The molecular weight excluding hydrogens is 418 g/mol. The molecule has 0 aliphatic carbocycles. The number of nitrogens with one attached hydrogen (secondary N) is 1. The lowest BCUT2D eigenvalue weighted by Crippen LogP contribution is -2.20. The predicted molar refractivity (Wildman–Crippen MR) is 119 cm³/mol. The van der Waals surface area contributed by atoms with Crippen molar-refractivity contribution < 1.29 is 18.7 Å². The van der Waals surface area contributed by atoms with E-state index in [0.29, 0.717) is 33.2 Å². The van der Waals surface area contributed by atoms with Crippen molar-refractivity contribution in [3.05, 3.63) is 93.8 Å². The number of halogens is 1. The van der Waals surface area contributed by atoms with E-state index in [2.05, 4.69) is 5.32 Å². The maximum Gasteiger partial charge on any atom is 0.262 e. The fraction of sp³-hybridized carbons (Fsp3) is 0.0833. The highest BCUT2D eigenvalue weighted by molar-refractivity contribution is 6.30. The minimum Gasteiger partial charge on any atom is -0.484 e. The van der Waals surface area contributed by atoms with Gasteiger partial charge in [-0.1, -0.05) is 35.4 Å². The average molecular weight is 436 g/mol. The average Bonchev–Trinajstić information content (AvgIpc) is 2.76. The van der Waals surface area contributed by atoms with Crippen LogP contribution in [0.25, 0.3) is 11.0 Å². The Morgan fingerprint density at radius 1 is 1.03 bits per heavy atom. The SMILES string of the molecule is Cc1ccc(Oc2coc3cc(OCC(=O)Nc4cccc(Cl)c4)ccc3c2=O)cc1. The van der Waals surface area contributed by atoms with Gasteiger partial charge >= 0.3 is 0 Å². The van der Waals surface area contributed by atoms with Gasteiger partial charge in [-0.25, -0.2) is 0 Å². The highest BCUT2D eigenvalue weighted by atomic mass is 35.5. The van der Waals surface area contributed by atoms with Crippen LogP contribution in [0.3, 0.4) is 0 Å². The first kappa shape index (κ1) is 20.5.